The molecule has 27 heavy (non-hydrogen) atoms. The molecule has 2 rings (SSSR count). The molecule has 0 radical (unpaired) electrons. The number of alkyl halides is 3. The largest absolute Gasteiger partial charge is 0.471 e. The molecule has 0 atom stereocenters. The Morgan fingerprint density at radius 3 is 2.26 bits per heavy atom. The van der Waals surface area contributed by atoms with E-state index < -0.39 is 23.8 Å². The van der Waals surface area contributed by atoms with Crippen LogP contribution in [-0.4, -0.2) is 18.0 Å². The number of amides is 2. The number of nitrogens with zero attached hydrogens (tertiary/aromatic N) is 1. The second-order valence-electron chi connectivity index (χ2n) is 5.21. The van der Waals surface area contributed by atoms with Crippen molar-refractivity contribution in [3.8, 4) is 6.07 Å². The van der Waals surface area contributed by atoms with Crippen LogP contribution in [0.15, 0.2) is 54.1 Å². The van der Waals surface area contributed by atoms with Gasteiger partial charge < -0.3 is 10.6 Å². The Hall–Kier alpha value is -3.67. The number of carbonyl (C=O) groups is 2. The Labute approximate surface area is 150 Å². The molecule has 0 spiro atoms. The van der Waals surface area contributed by atoms with Crippen LogP contribution in [0.25, 0.3) is 6.08 Å². The summed E-state index contributed by atoms with van der Waals surface area (Å²) < 4.78 is 49.7. The molecule has 9 heteroatoms. The van der Waals surface area contributed by atoms with Gasteiger partial charge in [0.1, 0.15) is 17.5 Å². The first kappa shape index (κ1) is 19.7. The molecule has 0 fully saturated rings. The number of carbonyl (C=O) groups excluding carboxylic acids is 2. The third-order valence-corrected chi connectivity index (χ3v) is 3.18. The van der Waals surface area contributed by atoms with Gasteiger partial charge in [-0.3, -0.25) is 9.59 Å². The predicted octanol–water partition coefficient (Wildman–Crippen LogP) is 3.87. The molecule has 0 aliphatic carbocycles. The third-order valence-electron chi connectivity index (χ3n) is 3.18. The number of halogens is 4. The van der Waals surface area contributed by atoms with Gasteiger partial charge in [-0.05, 0) is 48.0 Å². The Kier molecular flexibility index (Phi) is 5.92. The molecule has 2 aromatic carbocycles. The number of hydrogen-bond donors (Lipinski definition) is 2. The molecule has 0 heterocycles. The minimum atomic E-state index is -5.04. The molecule has 0 saturated heterocycles. The van der Waals surface area contributed by atoms with Crippen molar-refractivity contribution in [3.05, 3.63) is 65.5 Å². The maximum atomic E-state index is 12.9. The first-order valence-corrected chi connectivity index (χ1v) is 7.36. The van der Waals surface area contributed by atoms with Gasteiger partial charge in [-0.25, -0.2) is 4.39 Å². The van der Waals surface area contributed by atoms with E-state index in [1.165, 1.54) is 36.4 Å². The van der Waals surface area contributed by atoms with Crippen molar-refractivity contribution >= 4 is 29.3 Å². The normalized spacial score (nSPS) is 11.4. The lowest BCUT2D eigenvalue weighted by Crippen LogP contribution is -2.29. The summed E-state index contributed by atoms with van der Waals surface area (Å²) in [6.07, 6.45) is -3.90. The van der Waals surface area contributed by atoms with E-state index in [0.29, 0.717) is 0 Å². The summed E-state index contributed by atoms with van der Waals surface area (Å²) in [5.41, 5.74) is -0.00421. The average Bonchev–Trinajstić information content (AvgIpc) is 2.61. The van der Waals surface area contributed by atoms with Gasteiger partial charge in [0, 0.05) is 11.4 Å². The van der Waals surface area contributed by atoms with E-state index in [9.17, 15) is 27.2 Å². The summed E-state index contributed by atoms with van der Waals surface area (Å²) in [6, 6.07) is 11.7. The first-order chi connectivity index (χ1) is 12.7. The average molecular weight is 377 g/mol. The topological polar surface area (TPSA) is 82.0 Å². The van der Waals surface area contributed by atoms with Gasteiger partial charge in [0.25, 0.3) is 5.91 Å². The lowest BCUT2D eigenvalue weighted by atomic mass is 10.1. The second kappa shape index (κ2) is 8.14. The molecule has 2 aromatic rings. The van der Waals surface area contributed by atoms with Crippen LogP contribution < -0.4 is 10.6 Å². The van der Waals surface area contributed by atoms with Gasteiger partial charge in [0.05, 0.1) is 0 Å². The highest BCUT2D eigenvalue weighted by molar-refractivity contribution is 6.09. The zero-order valence-corrected chi connectivity index (χ0v) is 13.5. The van der Waals surface area contributed by atoms with Crippen LogP contribution in [0.4, 0.5) is 28.9 Å². The summed E-state index contributed by atoms with van der Waals surface area (Å²) in [7, 11) is 0. The van der Waals surface area contributed by atoms with Crippen molar-refractivity contribution < 1.29 is 27.2 Å². The molecule has 0 aromatic heterocycles. The highest BCUT2D eigenvalue weighted by Gasteiger charge is 2.38. The molecule has 2 amide bonds. The van der Waals surface area contributed by atoms with E-state index in [-0.39, 0.29) is 22.5 Å². The van der Waals surface area contributed by atoms with Gasteiger partial charge in [-0.15, -0.1) is 0 Å². The molecule has 0 bridgehead atoms. The standard InChI is InChI=1S/C18H11F4N3O2/c19-13-4-6-14(7-5-13)24-16(26)12(10-23)8-11-2-1-3-15(9-11)25-17(27)18(20,21)22/h1-9H,(H,24,26)(H,25,27)/b12-8+. The summed E-state index contributed by atoms with van der Waals surface area (Å²) in [5, 5.41) is 13.2. The smallest absolute Gasteiger partial charge is 0.321 e. The van der Waals surface area contributed by atoms with E-state index in [2.05, 4.69) is 5.32 Å². The minimum Gasteiger partial charge on any atom is -0.321 e. The van der Waals surface area contributed by atoms with Crippen LogP contribution in [0.1, 0.15) is 5.56 Å². The van der Waals surface area contributed by atoms with Crippen molar-refractivity contribution in [2.45, 2.75) is 6.18 Å². The number of anilines is 2. The van der Waals surface area contributed by atoms with Crippen LogP contribution in [0.3, 0.4) is 0 Å². The van der Waals surface area contributed by atoms with Gasteiger partial charge >= 0.3 is 12.1 Å². The Morgan fingerprint density at radius 1 is 1.00 bits per heavy atom. The van der Waals surface area contributed by atoms with Crippen molar-refractivity contribution in [1.82, 2.24) is 0 Å². The number of nitrogens with one attached hydrogen (secondary N) is 2. The van der Waals surface area contributed by atoms with Gasteiger partial charge in [0.2, 0.25) is 0 Å². The monoisotopic (exact) mass is 377 g/mol. The maximum Gasteiger partial charge on any atom is 0.471 e. The number of rotatable bonds is 4. The van der Waals surface area contributed by atoms with Crippen LogP contribution in [0.5, 0.6) is 0 Å². The number of hydrogen-bond acceptors (Lipinski definition) is 3. The summed E-state index contributed by atoms with van der Waals surface area (Å²) in [6.45, 7) is 0. The van der Waals surface area contributed by atoms with Crippen LogP contribution in [0, 0.1) is 17.1 Å². The highest BCUT2D eigenvalue weighted by atomic mass is 19.4. The van der Waals surface area contributed by atoms with Gasteiger partial charge in [0.15, 0.2) is 0 Å². The zero-order chi connectivity index (χ0) is 20.0. The van der Waals surface area contributed by atoms with Crippen molar-refractivity contribution in [3.63, 3.8) is 0 Å². The summed E-state index contributed by atoms with van der Waals surface area (Å²) in [5.74, 6) is -3.42. The molecule has 0 saturated carbocycles. The quantitative estimate of drug-likeness (QED) is 0.482. The van der Waals surface area contributed by atoms with E-state index in [0.717, 1.165) is 18.2 Å². The molecular formula is C18H11F4N3O2. The SMILES string of the molecule is N#C/C(=C\c1cccc(NC(=O)C(F)(F)F)c1)C(=O)Nc1ccc(F)cc1. The molecule has 0 aliphatic rings. The maximum absolute atomic E-state index is 12.9. The van der Waals surface area contributed by atoms with Crippen LogP contribution in [0.2, 0.25) is 0 Å². The number of benzene rings is 2. The Morgan fingerprint density at radius 2 is 1.67 bits per heavy atom. The summed E-state index contributed by atoms with van der Waals surface area (Å²) in [4.78, 5) is 23.1. The number of nitriles is 1. The van der Waals surface area contributed by atoms with E-state index >= 15 is 0 Å². The minimum absolute atomic E-state index is 0.151. The predicted molar refractivity (Wildman–Crippen MR) is 89.7 cm³/mol. The fourth-order valence-electron chi connectivity index (χ4n) is 1.96. The fourth-order valence-corrected chi connectivity index (χ4v) is 1.96. The Bertz CT molecular complexity index is 929. The van der Waals surface area contributed by atoms with E-state index in [4.69, 9.17) is 5.26 Å². The molecule has 5 nitrogen and oxygen atoms in total. The lowest BCUT2D eigenvalue weighted by molar-refractivity contribution is -0.167. The van der Waals surface area contributed by atoms with Crippen molar-refractivity contribution in [2.75, 3.05) is 10.6 Å². The molecular weight excluding hydrogens is 366 g/mol. The summed E-state index contributed by atoms with van der Waals surface area (Å²) >= 11 is 0. The van der Waals surface area contributed by atoms with Crippen LogP contribution in [-0.2, 0) is 9.59 Å². The first-order valence-electron chi connectivity index (χ1n) is 7.36. The fraction of sp³-hybridized carbons (Fsp3) is 0.0556. The molecule has 138 valence electrons. The zero-order valence-electron chi connectivity index (χ0n) is 13.5. The van der Waals surface area contributed by atoms with Crippen molar-refractivity contribution in [1.29, 1.82) is 5.26 Å². The van der Waals surface area contributed by atoms with Gasteiger partial charge in [-0.1, -0.05) is 12.1 Å². The van der Waals surface area contributed by atoms with Gasteiger partial charge in [-0.2, -0.15) is 18.4 Å². The molecule has 0 unspecified atom stereocenters. The molecule has 2 N–H and O–H groups in total. The third kappa shape index (κ3) is 5.67. The van der Waals surface area contributed by atoms with E-state index in [1.807, 2.05) is 0 Å². The van der Waals surface area contributed by atoms with Crippen molar-refractivity contribution in [2.24, 2.45) is 0 Å². The molecule has 0 aliphatic heterocycles. The van der Waals surface area contributed by atoms with Crippen LogP contribution >= 0.6 is 0 Å². The second-order valence-corrected chi connectivity index (χ2v) is 5.21. The highest BCUT2D eigenvalue weighted by Crippen LogP contribution is 2.20. The Balaban J connectivity index is 2.18. The van der Waals surface area contributed by atoms with E-state index in [1.54, 1.807) is 11.4 Å². The lowest BCUT2D eigenvalue weighted by Gasteiger charge is -2.08.